The van der Waals surface area contributed by atoms with E-state index < -0.39 is 5.54 Å². The topological polar surface area (TPSA) is 47.4 Å². The van der Waals surface area contributed by atoms with Crippen LogP contribution < -0.4 is 4.74 Å². The average molecular weight is 279 g/mol. The van der Waals surface area contributed by atoms with E-state index in [-0.39, 0.29) is 5.78 Å². The molecule has 0 aromatic carbocycles. The highest BCUT2D eigenvalue weighted by molar-refractivity contribution is 6.04. The highest BCUT2D eigenvalue weighted by Crippen LogP contribution is 2.39. The van der Waals surface area contributed by atoms with E-state index in [4.69, 9.17) is 4.74 Å². The fourth-order valence-corrected chi connectivity index (χ4v) is 3.16. The van der Waals surface area contributed by atoms with Crippen molar-refractivity contribution in [2.24, 2.45) is 13.0 Å². The summed E-state index contributed by atoms with van der Waals surface area (Å²) in [5.74, 6) is 1.40. The van der Waals surface area contributed by atoms with Gasteiger partial charge in [0.1, 0.15) is 5.69 Å². The normalized spacial score (nSPS) is 26.8. The van der Waals surface area contributed by atoms with Crippen LogP contribution in [0.5, 0.6) is 5.75 Å². The number of likely N-dealkylation sites (N-methyl/N-ethyl adjacent to an activating group) is 1. The lowest BCUT2D eigenvalue weighted by Crippen LogP contribution is -2.53. The van der Waals surface area contributed by atoms with Crippen molar-refractivity contribution in [2.45, 2.75) is 38.1 Å². The standard InChI is InChI=1S/C15H25N3O2/c1-11-6-8-15(9-7-11,17(2)3)14(19)13-12(20-5)10-16-18(13)4/h10-11H,6-9H2,1-5H3. The Morgan fingerprint density at radius 3 is 2.55 bits per heavy atom. The fourth-order valence-electron chi connectivity index (χ4n) is 3.16. The lowest BCUT2D eigenvalue weighted by molar-refractivity contribution is 0.0500. The number of methoxy groups -OCH3 is 1. The zero-order valence-electron chi connectivity index (χ0n) is 13.1. The molecule has 0 aliphatic heterocycles. The van der Waals surface area contributed by atoms with Crippen LogP contribution in [-0.4, -0.2) is 47.2 Å². The van der Waals surface area contributed by atoms with Crippen LogP contribution >= 0.6 is 0 Å². The molecule has 1 aromatic heterocycles. The van der Waals surface area contributed by atoms with Gasteiger partial charge in [-0.2, -0.15) is 5.10 Å². The second-order valence-electron chi connectivity index (χ2n) is 6.12. The number of hydrogen-bond donors (Lipinski definition) is 0. The Balaban J connectivity index is 2.39. The van der Waals surface area contributed by atoms with Crippen molar-refractivity contribution < 1.29 is 9.53 Å². The quantitative estimate of drug-likeness (QED) is 0.792. The molecular formula is C15H25N3O2. The molecule has 5 heteroatoms. The third-order valence-electron chi connectivity index (χ3n) is 4.72. The Labute approximate surface area is 120 Å². The molecule has 0 saturated heterocycles. The summed E-state index contributed by atoms with van der Waals surface area (Å²) in [6.45, 7) is 2.26. The molecule has 20 heavy (non-hydrogen) atoms. The van der Waals surface area contributed by atoms with Crippen molar-refractivity contribution in [1.29, 1.82) is 0 Å². The number of rotatable bonds is 4. The van der Waals surface area contributed by atoms with Gasteiger partial charge in [-0.15, -0.1) is 0 Å². The van der Waals surface area contributed by atoms with Crippen molar-refractivity contribution in [3.63, 3.8) is 0 Å². The molecule has 1 heterocycles. The number of carbonyl (C=O) groups excluding carboxylic acids is 1. The summed E-state index contributed by atoms with van der Waals surface area (Å²) >= 11 is 0. The van der Waals surface area contributed by atoms with Crippen molar-refractivity contribution >= 4 is 5.78 Å². The first-order valence-corrected chi connectivity index (χ1v) is 7.20. The molecule has 112 valence electrons. The molecule has 1 saturated carbocycles. The van der Waals surface area contributed by atoms with Crippen molar-refractivity contribution in [3.05, 3.63) is 11.9 Å². The first kappa shape index (κ1) is 15.0. The Hall–Kier alpha value is -1.36. The predicted molar refractivity (Wildman–Crippen MR) is 78.1 cm³/mol. The minimum Gasteiger partial charge on any atom is -0.493 e. The summed E-state index contributed by atoms with van der Waals surface area (Å²) in [6.07, 6.45) is 5.58. The van der Waals surface area contributed by atoms with Gasteiger partial charge in [0.05, 0.1) is 18.8 Å². The molecule has 1 aromatic rings. The average Bonchev–Trinajstić information content (AvgIpc) is 2.79. The number of Topliss-reactive ketones (excluding diaryl/α,β-unsaturated/α-hetero) is 1. The molecule has 0 spiro atoms. The first-order valence-electron chi connectivity index (χ1n) is 7.20. The van der Waals surface area contributed by atoms with E-state index in [1.165, 1.54) is 0 Å². The number of ketones is 1. The van der Waals surface area contributed by atoms with Gasteiger partial charge >= 0.3 is 0 Å². The van der Waals surface area contributed by atoms with Crippen LogP contribution in [-0.2, 0) is 7.05 Å². The SMILES string of the molecule is COc1cnn(C)c1C(=O)C1(N(C)C)CCC(C)CC1. The van der Waals surface area contributed by atoms with E-state index in [2.05, 4.69) is 16.9 Å². The van der Waals surface area contributed by atoms with E-state index in [1.807, 2.05) is 14.1 Å². The molecule has 0 radical (unpaired) electrons. The Kier molecular flexibility index (Phi) is 4.18. The molecule has 2 rings (SSSR count). The zero-order valence-corrected chi connectivity index (χ0v) is 13.1. The van der Waals surface area contributed by atoms with Gasteiger partial charge in [0.25, 0.3) is 0 Å². The van der Waals surface area contributed by atoms with E-state index in [9.17, 15) is 4.79 Å². The number of carbonyl (C=O) groups is 1. The van der Waals surface area contributed by atoms with E-state index in [0.29, 0.717) is 17.4 Å². The van der Waals surface area contributed by atoms with Crippen LogP contribution in [0.3, 0.4) is 0 Å². The molecule has 0 bridgehead atoms. The van der Waals surface area contributed by atoms with Crippen LogP contribution in [0.15, 0.2) is 6.20 Å². The number of hydrogen-bond acceptors (Lipinski definition) is 4. The fraction of sp³-hybridized carbons (Fsp3) is 0.733. The van der Waals surface area contributed by atoms with Gasteiger partial charge in [0, 0.05) is 7.05 Å². The third-order valence-corrected chi connectivity index (χ3v) is 4.72. The molecule has 5 nitrogen and oxygen atoms in total. The van der Waals surface area contributed by atoms with Crippen LogP contribution in [0.25, 0.3) is 0 Å². The molecule has 0 N–H and O–H groups in total. The molecule has 0 atom stereocenters. The molecule has 1 aliphatic carbocycles. The van der Waals surface area contributed by atoms with Gasteiger partial charge in [-0.3, -0.25) is 14.4 Å². The smallest absolute Gasteiger partial charge is 0.204 e. The predicted octanol–water partition coefficient (Wildman–Crippen LogP) is 2.12. The summed E-state index contributed by atoms with van der Waals surface area (Å²) in [7, 11) is 7.37. The minimum atomic E-state index is -0.423. The second kappa shape index (κ2) is 5.56. The van der Waals surface area contributed by atoms with Crippen LogP contribution in [0.1, 0.15) is 43.1 Å². The third kappa shape index (κ3) is 2.35. The summed E-state index contributed by atoms with van der Waals surface area (Å²) in [6, 6.07) is 0. The van der Waals surface area contributed by atoms with Gasteiger partial charge in [-0.25, -0.2) is 0 Å². The van der Waals surface area contributed by atoms with Gasteiger partial charge in [0.15, 0.2) is 5.75 Å². The molecule has 0 unspecified atom stereocenters. The van der Waals surface area contributed by atoms with Crippen molar-refractivity contribution in [3.8, 4) is 5.75 Å². The van der Waals surface area contributed by atoms with Gasteiger partial charge in [-0.1, -0.05) is 6.92 Å². The Morgan fingerprint density at radius 2 is 2.05 bits per heavy atom. The van der Waals surface area contributed by atoms with Crippen molar-refractivity contribution in [1.82, 2.24) is 14.7 Å². The Bertz CT molecular complexity index is 485. The summed E-state index contributed by atoms with van der Waals surface area (Å²) < 4.78 is 6.93. The summed E-state index contributed by atoms with van der Waals surface area (Å²) in [5.41, 5.74) is 0.156. The number of aryl methyl sites for hydroxylation is 1. The maximum atomic E-state index is 13.1. The van der Waals surface area contributed by atoms with E-state index in [0.717, 1.165) is 25.7 Å². The maximum Gasteiger partial charge on any atom is 0.204 e. The zero-order chi connectivity index (χ0) is 14.9. The van der Waals surface area contributed by atoms with Crippen LogP contribution in [0.2, 0.25) is 0 Å². The molecule has 1 aliphatic rings. The van der Waals surface area contributed by atoms with E-state index in [1.54, 1.807) is 25.0 Å². The monoisotopic (exact) mass is 279 g/mol. The molecule has 1 fully saturated rings. The van der Waals surface area contributed by atoms with Gasteiger partial charge < -0.3 is 4.74 Å². The summed E-state index contributed by atoms with van der Waals surface area (Å²) in [5, 5.41) is 4.16. The van der Waals surface area contributed by atoms with Crippen LogP contribution in [0.4, 0.5) is 0 Å². The molecular weight excluding hydrogens is 254 g/mol. The van der Waals surface area contributed by atoms with Gasteiger partial charge in [-0.05, 0) is 45.7 Å². The highest BCUT2D eigenvalue weighted by atomic mass is 16.5. The van der Waals surface area contributed by atoms with Crippen LogP contribution in [0, 0.1) is 5.92 Å². The van der Waals surface area contributed by atoms with Crippen molar-refractivity contribution in [2.75, 3.05) is 21.2 Å². The lowest BCUT2D eigenvalue weighted by atomic mass is 9.73. The number of nitrogens with zero attached hydrogens (tertiary/aromatic N) is 3. The summed E-state index contributed by atoms with van der Waals surface area (Å²) in [4.78, 5) is 15.2. The number of ether oxygens (including phenoxy) is 1. The Morgan fingerprint density at radius 1 is 1.45 bits per heavy atom. The lowest BCUT2D eigenvalue weighted by Gasteiger charge is -2.43. The maximum absolute atomic E-state index is 13.1. The van der Waals surface area contributed by atoms with Gasteiger partial charge in [0.2, 0.25) is 5.78 Å². The van der Waals surface area contributed by atoms with E-state index >= 15 is 0 Å². The molecule has 0 amide bonds. The minimum absolute atomic E-state index is 0.131. The highest BCUT2D eigenvalue weighted by Gasteiger charge is 2.45. The second-order valence-corrected chi connectivity index (χ2v) is 6.12. The largest absolute Gasteiger partial charge is 0.493 e. The number of aromatic nitrogens is 2. The first-order chi connectivity index (χ1) is 9.42.